The molecule has 5 nitrogen and oxygen atoms in total. The number of allylic oxidation sites excluding steroid dienone is 1. The van der Waals surface area contributed by atoms with E-state index in [0.717, 1.165) is 32.8 Å². The molecule has 4 aromatic rings. The highest BCUT2D eigenvalue weighted by molar-refractivity contribution is 9.10. The van der Waals surface area contributed by atoms with Crippen LogP contribution in [0.3, 0.4) is 0 Å². The maximum Gasteiger partial charge on any atom is 0.226 e. The molecule has 0 saturated carbocycles. The van der Waals surface area contributed by atoms with Gasteiger partial charge >= 0.3 is 0 Å². The van der Waals surface area contributed by atoms with Gasteiger partial charge in [-0.1, -0.05) is 51.8 Å². The molecular formula is C23H16BrClN4O. The Morgan fingerprint density at radius 2 is 1.77 bits per heavy atom. The molecule has 30 heavy (non-hydrogen) atoms. The fraction of sp³-hybridized carbons (Fsp3) is 0.0435. The summed E-state index contributed by atoms with van der Waals surface area (Å²) >= 11 is 9.45. The Morgan fingerprint density at radius 1 is 0.967 bits per heavy atom. The van der Waals surface area contributed by atoms with Crippen molar-refractivity contribution in [2.24, 2.45) is 0 Å². The van der Waals surface area contributed by atoms with E-state index in [-0.39, 0.29) is 6.04 Å². The molecule has 148 valence electrons. The van der Waals surface area contributed by atoms with Crippen LogP contribution in [-0.2, 0) is 0 Å². The molecule has 0 saturated heterocycles. The van der Waals surface area contributed by atoms with Crippen LogP contribution in [0.15, 0.2) is 89.7 Å². The smallest absolute Gasteiger partial charge is 0.226 e. The number of benzene rings is 3. The van der Waals surface area contributed by atoms with Gasteiger partial charge in [-0.2, -0.15) is 10.1 Å². The summed E-state index contributed by atoms with van der Waals surface area (Å²) in [7, 11) is 0. The SMILES string of the molecule is Clc1ccc(Oc2cccc(C3C=C(c4ccc(Br)cc4)Nc4ncnn43)c2)cc1. The molecule has 3 aromatic carbocycles. The van der Waals surface area contributed by atoms with E-state index in [1.54, 1.807) is 6.33 Å². The van der Waals surface area contributed by atoms with Crippen LogP contribution in [0.25, 0.3) is 5.70 Å². The number of anilines is 1. The van der Waals surface area contributed by atoms with E-state index in [1.165, 1.54) is 0 Å². The van der Waals surface area contributed by atoms with Gasteiger partial charge in [-0.05, 0) is 65.7 Å². The molecule has 1 aliphatic heterocycles. The lowest BCUT2D eigenvalue weighted by Gasteiger charge is -2.24. The molecule has 1 N–H and O–H groups in total. The number of nitrogens with one attached hydrogen (secondary N) is 1. The summed E-state index contributed by atoms with van der Waals surface area (Å²) in [6.45, 7) is 0. The molecule has 2 heterocycles. The zero-order valence-corrected chi connectivity index (χ0v) is 18.0. The number of nitrogens with zero attached hydrogens (tertiary/aromatic N) is 3. The molecule has 1 aromatic heterocycles. The molecule has 0 bridgehead atoms. The van der Waals surface area contributed by atoms with E-state index in [9.17, 15) is 0 Å². The van der Waals surface area contributed by atoms with E-state index in [0.29, 0.717) is 11.0 Å². The monoisotopic (exact) mass is 478 g/mol. The second-order valence-electron chi connectivity index (χ2n) is 6.81. The lowest BCUT2D eigenvalue weighted by molar-refractivity contribution is 0.480. The van der Waals surface area contributed by atoms with Crippen molar-refractivity contribution >= 4 is 39.2 Å². The fourth-order valence-electron chi connectivity index (χ4n) is 3.37. The van der Waals surface area contributed by atoms with E-state index in [4.69, 9.17) is 16.3 Å². The molecule has 0 spiro atoms. The number of fused-ring (bicyclic) bond motifs is 1. The summed E-state index contributed by atoms with van der Waals surface area (Å²) in [5, 5.41) is 8.46. The van der Waals surface area contributed by atoms with Crippen LogP contribution >= 0.6 is 27.5 Å². The van der Waals surface area contributed by atoms with Crippen LogP contribution in [0, 0.1) is 0 Å². The van der Waals surface area contributed by atoms with Crippen molar-refractivity contribution in [2.75, 3.05) is 5.32 Å². The summed E-state index contributed by atoms with van der Waals surface area (Å²) in [6, 6.07) is 23.4. The van der Waals surface area contributed by atoms with Gasteiger partial charge in [-0.3, -0.25) is 0 Å². The molecule has 1 aliphatic rings. The predicted molar refractivity (Wildman–Crippen MR) is 122 cm³/mol. The molecular weight excluding hydrogens is 464 g/mol. The number of ether oxygens (including phenoxy) is 1. The number of halogens is 2. The maximum atomic E-state index is 6.01. The van der Waals surface area contributed by atoms with Gasteiger partial charge in [0, 0.05) is 15.2 Å². The third-order valence-electron chi connectivity index (χ3n) is 4.81. The van der Waals surface area contributed by atoms with E-state index >= 15 is 0 Å². The number of hydrogen-bond acceptors (Lipinski definition) is 4. The average Bonchev–Trinajstić information content (AvgIpc) is 3.24. The first kappa shape index (κ1) is 18.9. The Balaban J connectivity index is 1.50. The highest BCUT2D eigenvalue weighted by Crippen LogP contribution is 2.34. The predicted octanol–water partition coefficient (Wildman–Crippen LogP) is 6.54. The van der Waals surface area contributed by atoms with Crippen molar-refractivity contribution in [1.29, 1.82) is 0 Å². The van der Waals surface area contributed by atoms with Crippen molar-refractivity contribution in [1.82, 2.24) is 14.8 Å². The van der Waals surface area contributed by atoms with Gasteiger partial charge in [0.15, 0.2) is 0 Å². The number of rotatable bonds is 4. The van der Waals surface area contributed by atoms with Gasteiger partial charge in [0.25, 0.3) is 0 Å². The Kier molecular flexibility index (Phi) is 5.02. The fourth-order valence-corrected chi connectivity index (χ4v) is 3.76. The second-order valence-corrected chi connectivity index (χ2v) is 8.17. The zero-order valence-electron chi connectivity index (χ0n) is 15.7. The van der Waals surface area contributed by atoms with Crippen molar-refractivity contribution in [3.8, 4) is 11.5 Å². The van der Waals surface area contributed by atoms with Crippen LogP contribution in [0.1, 0.15) is 17.2 Å². The van der Waals surface area contributed by atoms with Crippen LogP contribution in [0.4, 0.5) is 5.95 Å². The maximum absolute atomic E-state index is 6.01. The standard InChI is InChI=1S/C23H16BrClN4O/c24-17-6-4-15(5-7-17)21-13-22(29-23(28-21)26-14-27-29)16-2-1-3-20(12-16)30-19-10-8-18(25)9-11-19/h1-14,22H,(H,26,27,28). The van der Waals surface area contributed by atoms with E-state index in [1.807, 2.05) is 59.3 Å². The minimum atomic E-state index is -0.115. The Morgan fingerprint density at radius 3 is 2.57 bits per heavy atom. The van der Waals surface area contributed by atoms with Crippen molar-refractivity contribution in [3.05, 3.63) is 106 Å². The molecule has 0 amide bonds. The summed E-state index contributed by atoms with van der Waals surface area (Å²) in [6.07, 6.45) is 3.70. The highest BCUT2D eigenvalue weighted by Gasteiger charge is 2.23. The first-order valence-corrected chi connectivity index (χ1v) is 10.5. The normalized spacial score (nSPS) is 15.1. The summed E-state index contributed by atoms with van der Waals surface area (Å²) < 4.78 is 8.91. The molecule has 1 atom stereocenters. The van der Waals surface area contributed by atoms with Gasteiger partial charge in [0.1, 0.15) is 23.9 Å². The van der Waals surface area contributed by atoms with Crippen molar-refractivity contribution < 1.29 is 4.74 Å². The lowest BCUT2D eigenvalue weighted by Crippen LogP contribution is -2.20. The van der Waals surface area contributed by atoms with Crippen molar-refractivity contribution in [3.63, 3.8) is 0 Å². The third kappa shape index (κ3) is 3.84. The molecule has 1 unspecified atom stereocenters. The summed E-state index contributed by atoms with van der Waals surface area (Å²) in [5.74, 6) is 2.17. The molecule has 0 fully saturated rings. The van der Waals surface area contributed by atoms with Gasteiger partial charge in [-0.25, -0.2) is 4.68 Å². The van der Waals surface area contributed by atoms with Gasteiger partial charge in [-0.15, -0.1) is 0 Å². The van der Waals surface area contributed by atoms with Crippen LogP contribution < -0.4 is 10.1 Å². The minimum absolute atomic E-state index is 0.115. The minimum Gasteiger partial charge on any atom is -0.457 e. The summed E-state index contributed by atoms with van der Waals surface area (Å²) in [5.41, 5.74) is 3.10. The molecule has 0 radical (unpaired) electrons. The van der Waals surface area contributed by atoms with Crippen LogP contribution in [-0.4, -0.2) is 14.8 Å². The summed E-state index contributed by atoms with van der Waals surface area (Å²) in [4.78, 5) is 4.37. The van der Waals surface area contributed by atoms with Crippen LogP contribution in [0.2, 0.25) is 5.02 Å². The molecule has 7 heteroatoms. The molecule has 5 rings (SSSR count). The van der Waals surface area contributed by atoms with Gasteiger partial charge < -0.3 is 10.1 Å². The second kappa shape index (κ2) is 7.97. The molecule has 0 aliphatic carbocycles. The van der Waals surface area contributed by atoms with E-state index in [2.05, 4.69) is 55.6 Å². The first-order chi connectivity index (χ1) is 14.7. The zero-order chi connectivity index (χ0) is 20.5. The quantitative estimate of drug-likeness (QED) is 0.361. The Hall–Kier alpha value is -3.09. The van der Waals surface area contributed by atoms with Gasteiger partial charge in [0.05, 0.1) is 0 Å². The average molecular weight is 480 g/mol. The largest absolute Gasteiger partial charge is 0.457 e. The van der Waals surface area contributed by atoms with Gasteiger partial charge in [0.2, 0.25) is 5.95 Å². The first-order valence-electron chi connectivity index (χ1n) is 9.33. The van der Waals surface area contributed by atoms with E-state index < -0.39 is 0 Å². The Bertz CT molecular complexity index is 1220. The lowest BCUT2D eigenvalue weighted by atomic mass is 10.0. The Labute approximate surface area is 187 Å². The van der Waals surface area contributed by atoms with Crippen molar-refractivity contribution in [2.45, 2.75) is 6.04 Å². The number of aromatic nitrogens is 3. The topological polar surface area (TPSA) is 52.0 Å². The number of hydrogen-bond donors (Lipinski definition) is 1. The third-order valence-corrected chi connectivity index (χ3v) is 5.59. The van der Waals surface area contributed by atoms with Crippen LogP contribution in [0.5, 0.6) is 11.5 Å². The highest BCUT2D eigenvalue weighted by atomic mass is 79.9.